The standard InChI is InChI=1S/C21H28N2O/c1-16(2)14-22-21(24)12-13-23(19-10-11-19)15-18-8-5-7-17-6-3-4-9-20(17)18/h3-9,16,19H,10-15H2,1-2H3,(H,22,24). The van der Waals surface area contributed by atoms with Crippen molar-refractivity contribution in [2.45, 2.75) is 45.7 Å². The van der Waals surface area contributed by atoms with Gasteiger partial charge in [0.15, 0.2) is 0 Å². The summed E-state index contributed by atoms with van der Waals surface area (Å²) in [7, 11) is 0. The quantitative estimate of drug-likeness (QED) is 0.797. The summed E-state index contributed by atoms with van der Waals surface area (Å²) in [5.41, 5.74) is 1.36. The predicted molar refractivity (Wildman–Crippen MR) is 99.8 cm³/mol. The SMILES string of the molecule is CC(C)CNC(=O)CCN(Cc1cccc2ccccc12)C1CC1. The number of nitrogens with one attached hydrogen (secondary N) is 1. The Bertz CT molecular complexity index is 686. The summed E-state index contributed by atoms with van der Waals surface area (Å²) in [5, 5.41) is 5.65. The molecule has 0 aromatic heterocycles. The number of carbonyl (C=O) groups is 1. The molecule has 1 N–H and O–H groups in total. The zero-order chi connectivity index (χ0) is 16.9. The first kappa shape index (κ1) is 17.0. The van der Waals surface area contributed by atoms with Gasteiger partial charge in [-0.2, -0.15) is 0 Å². The lowest BCUT2D eigenvalue weighted by Gasteiger charge is -2.23. The highest BCUT2D eigenvalue weighted by molar-refractivity contribution is 5.85. The minimum absolute atomic E-state index is 0.173. The maximum absolute atomic E-state index is 12.0. The monoisotopic (exact) mass is 324 g/mol. The fourth-order valence-electron chi connectivity index (χ4n) is 3.13. The molecular formula is C21H28N2O. The largest absolute Gasteiger partial charge is 0.356 e. The van der Waals surface area contributed by atoms with Gasteiger partial charge in [0.1, 0.15) is 0 Å². The Labute approximate surface area is 145 Å². The maximum Gasteiger partial charge on any atom is 0.221 e. The van der Waals surface area contributed by atoms with Gasteiger partial charge in [-0.15, -0.1) is 0 Å². The summed E-state index contributed by atoms with van der Waals surface area (Å²) in [6.07, 6.45) is 3.12. The third-order valence-corrected chi connectivity index (χ3v) is 4.65. The topological polar surface area (TPSA) is 32.3 Å². The van der Waals surface area contributed by atoms with Gasteiger partial charge in [-0.25, -0.2) is 0 Å². The second-order valence-corrected chi connectivity index (χ2v) is 7.29. The summed E-state index contributed by atoms with van der Waals surface area (Å²) in [6.45, 7) is 6.79. The van der Waals surface area contributed by atoms with Gasteiger partial charge < -0.3 is 5.32 Å². The molecule has 0 radical (unpaired) electrons. The smallest absolute Gasteiger partial charge is 0.221 e. The van der Waals surface area contributed by atoms with Crippen LogP contribution in [-0.2, 0) is 11.3 Å². The van der Waals surface area contributed by atoms with Gasteiger partial charge in [0.25, 0.3) is 0 Å². The first-order chi connectivity index (χ1) is 11.6. The van der Waals surface area contributed by atoms with Crippen molar-refractivity contribution >= 4 is 16.7 Å². The van der Waals surface area contributed by atoms with Crippen LogP contribution in [0, 0.1) is 5.92 Å². The molecule has 1 saturated carbocycles. The van der Waals surface area contributed by atoms with Crippen molar-refractivity contribution in [2.24, 2.45) is 5.92 Å². The molecule has 2 aromatic carbocycles. The van der Waals surface area contributed by atoms with Crippen LogP contribution in [0.25, 0.3) is 10.8 Å². The van der Waals surface area contributed by atoms with Gasteiger partial charge in [-0.3, -0.25) is 9.69 Å². The molecule has 1 aliphatic carbocycles. The molecule has 1 aliphatic rings. The van der Waals surface area contributed by atoms with E-state index in [4.69, 9.17) is 0 Å². The fraction of sp³-hybridized carbons (Fsp3) is 0.476. The minimum atomic E-state index is 0.173. The van der Waals surface area contributed by atoms with Crippen LogP contribution in [0.2, 0.25) is 0 Å². The van der Waals surface area contributed by atoms with Gasteiger partial charge in [0, 0.05) is 32.1 Å². The van der Waals surface area contributed by atoms with E-state index in [-0.39, 0.29) is 5.91 Å². The van der Waals surface area contributed by atoms with Crippen molar-refractivity contribution in [2.75, 3.05) is 13.1 Å². The predicted octanol–water partition coefficient (Wildman–Crippen LogP) is 3.97. The maximum atomic E-state index is 12.0. The Balaban J connectivity index is 1.63. The van der Waals surface area contributed by atoms with Gasteiger partial charge in [0.05, 0.1) is 0 Å². The Morgan fingerprint density at radius 2 is 1.92 bits per heavy atom. The summed E-state index contributed by atoms with van der Waals surface area (Å²) in [6, 6.07) is 15.7. The van der Waals surface area contributed by atoms with Crippen LogP contribution in [0.1, 0.15) is 38.7 Å². The number of hydrogen-bond acceptors (Lipinski definition) is 2. The van der Waals surface area contributed by atoms with Crippen molar-refractivity contribution in [3.8, 4) is 0 Å². The van der Waals surface area contributed by atoms with Crippen LogP contribution in [0.15, 0.2) is 42.5 Å². The van der Waals surface area contributed by atoms with Gasteiger partial charge >= 0.3 is 0 Å². The average molecular weight is 324 g/mol. The number of benzene rings is 2. The van der Waals surface area contributed by atoms with Crippen molar-refractivity contribution in [3.05, 3.63) is 48.0 Å². The molecule has 3 nitrogen and oxygen atoms in total. The van der Waals surface area contributed by atoms with Crippen LogP contribution >= 0.6 is 0 Å². The van der Waals surface area contributed by atoms with Crippen LogP contribution in [0.3, 0.4) is 0 Å². The van der Waals surface area contributed by atoms with Gasteiger partial charge in [-0.1, -0.05) is 56.3 Å². The number of fused-ring (bicyclic) bond motifs is 1. The second kappa shape index (κ2) is 7.80. The van der Waals surface area contributed by atoms with Gasteiger partial charge in [0.2, 0.25) is 5.91 Å². The van der Waals surface area contributed by atoms with Gasteiger partial charge in [-0.05, 0) is 35.1 Å². The molecule has 0 saturated heterocycles. The van der Waals surface area contributed by atoms with E-state index in [1.54, 1.807) is 0 Å². The summed E-state index contributed by atoms with van der Waals surface area (Å²) < 4.78 is 0. The van der Waals surface area contributed by atoms with E-state index in [2.05, 4.69) is 66.5 Å². The molecule has 3 heteroatoms. The molecule has 1 fully saturated rings. The summed E-state index contributed by atoms with van der Waals surface area (Å²) in [5.74, 6) is 0.677. The number of hydrogen-bond donors (Lipinski definition) is 1. The molecule has 128 valence electrons. The first-order valence-corrected chi connectivity index (χ1v) is 9.11. The van der Waals surface area contributed by atoms with E-state index in [0.29, 0.717) is 18.4 Å². The van der Waals surface area contributed by atoms with Crippen LogP contribution in [0.5, 0.6) is 0 Å². The first-order valence-electron chi connectivity index (χ1n) is 9.11. The highest BCUT2D eigenvalue weighted by Gasteiger charge is 2.29. The minimum Gasteiger partial charge on any atom is -0.356 e. The van der Waals surface area contributed by atoms with E-state index in [1.807, 2.05) is 0 Å². The summed E-state index contributed by atoms with van der Waals surface area (Å²) in [4.78, 5) is 14.5. The normalized spacial score (nSPS) is 14.5. The molecule has 0 heterocycles. The number of amides is 1. The lowest BCUT2D eigenvalue weighted by molar-refractivity contribution is -0.121. The summed E-state index contributed by atoms with van der Waals surface area (Å²) >= 11 is 0. The Morgan fingerprint density at radius 3 is 2.67 bits per heavy atom. The fourth-order valence-corrected chi connectivity index (χ4v) is 3.13. The lowest BCUT2D eigenvalue weighted by atomic mass is 10.0. The van der Waals surface area contributed by atoms with Crippen molar-refractivity contribution in [3.63, 3.8) is 0 Å². The molecule has 2 aromatic rings. The Kier molecular flexibility index (Phi) is 5.52. The Hall–Kier alpha value is -1.87. The molecule has 0 aliphatic heterocycles. The second-order valence-electron chi connectivity index (χ2n) is 7.29. The molecule has 3 rings (SSSR count). The van der Waals surface area contributed by atoms with E-state index in [0.717, 1.165) is 19.6 Å². The average Bonchev–Trinajstić information content (AvgIpc) is 3.41. The highest BCUT2D eigenvalue weighted by Crippen LogP contribution is 2.30. The molecule has 24 heavy (non-hydrogen) atoms. The molecule has 0 atom stereocenters. The number of carbonyl (C=O) groups excluding carboxylic acids is 1. The van der Waals surface area contributed by atoms with Crippen molar-refractivity contribution in [1.29, 1.82) is 0 Å². The molecule has 1 amide bonds. The molecular weight excluding hydrogens is 296 g/mol. The number of nitrogens with zero attached hydrogens (tertiary/aromatic N) is 1. The van der Waals surface area contributed by atoms with Crippen LogP contribution in [0.4, 0.5) is 0 Å². The van der Waals surface area contributed by atoms with E-state index < -0.39 is 0 Å². The zero-order valence-electron chi connectivity index (χ0n) is 14.8. The highest BCUT2D eigenvalue weighted by atomic mass is 16.1. The Morgan fingerprint density at radius 1 is 1.17 bits per heavy atom. The number of rotatable bonds is 8. The molecule has 0 bridgehead atoms. The van der Waals surface area contributed by atoms with E-state index >= 15 is 0 Å². The third-order valence-electron chi connectivity index (χ3n) is 4.65. The zero-order valence-corrected chi connectivity index (χ0v) is 14.8. The van der Waals surface area contributed by atoms with E-state index in [1.165, 1.54) is 29.2 Å². The van der Waals surface area contributed by atoms with Crippen molar-refractivity contribution in [1.82, 2.24) is 10.2 Å². The van der Waals surface area contributed by atoms with E-state index in [9.17, 15) is 4.79 Å². The van der Waals surface area contributed by atoms with Crippen molar-refractivity contribution < 1.29 is 4.79 Å². The van der Waals surface area contributed by atoms with Crippen LogP contribution in [-0.4, -0.2) is 29.9 Å². The molecule has 0 unspecified atom stereocenters. The van der Waals surface area contributed by atoms with Crippen LogP contribution < -0.4 is 5.32 Å². The lowest BCUT2D eigenvalue weighted by Crippen LogP contribution is -2.33. The third kappa shape index (κ3) is 4.57. The molecule has 0 spiro atoms.